The fourth-order valence-corrected chi connectivity index (χ4v) is 2.75. The van der Waals surface area contributed by atoms with E-state index in [9.17, 15) is 5.11 Å². The number of aromatic hydroxyl groups is 1. The molecule has 0 spiro atoms. The second-order valence-electron chi connectivity index (χ2n) is 6.81. The van der Waals surface area contributed by atoms with Crippen LogP contribution in [0.1, 0.15) is 64.0 Å². The molecule has 0 aliphatic heterocycles. The monoisotopic (exact) mass is 297 g/mol. The lowest BCUT2D eigenvalue weighted by Crippen LogP contribution is -2.30. The zero-order valence-corrected chi connectivity index (χ0v) is 13.7. The van der Waals surface area contributed by atoms with Gasteiger partial charge in [-0.25, -0.2) is 0 Å². The third-order valence-electron chi connectivity index (χ3n) is 4.13. The van der Waals surface area contributed by atoms with E-state index in [1.807, 2.05) is 12.1 Å². The Hall–Kier alpha value is -0.730. The summed E-state index contributed by atoms with van der Waals surface area (Å²) in [5, 5.41) is 13.6. The van der Waals surface area contributed by atoms with Crippen molar-refractivity contribution >= 4 is 12.4 Å². The Morgan fingerprint density at radius 3 is 2.40 bits per heavy atom. The van der Waals surface area contributed by atoms with Gasteiger partial charge in [0.05, 0.1) is 0 Å². The smallest absolute Gasteiger partial charge is 0.120 e. The summed E-state index contributed by atoms with van der Waals surface area (Å²) in [4.78, 5) is 0. The first-order valence-corrected chi connectivity index (χ1v) is 7.52. The molecule has 20 heavy (non-hydrogen) atoms. The number of hydrogen-bond acceptors (Lipinski definition) is 2. The quantitative estimate of drug-likeness (QED) is 0.859. The van der Waals surface area contributed by atoms with Crippen molar-refractivity contribution in [3.63, 3.8) is 0 Å². The summed E-state index contributed by atoms with van der Waals surface area (Å²) in [6.45, 7) is 7.40. The molecule has 0 heterocycles. The van der Waals surface area contributed by atoms with Crippen LogP contribution in [0.3, 0.4) is 0 Å². The molecule has 1 aliphatic carbocycles. The first kappa shape index (κ1) is 17.3. The number of nitrogens with one attached hydrogen (secondary N) is 1. The molecule has 1 fully saturated rings. The summed E-state index contributed by atoms with van der Waals surface area (Å²) in [7, 11) is 0. The Balaban J connectivity index is 0.00000200. The fraction of sp³-hybridized carbons (Fsp3) is 0.647. The number of hydrogen-bond donors (Lipinski definition) is 2. The molecule has 0 atom stereocenters. The van der Waals surface area contributed by atoms with Gasteiger partial charge in [-0.2, -0.15) is 0 Å². The largest absolute Gasteiger partial charge is 0.508 e. The van der Waals surface area contributed by atoms with Gasteiger partial charge in [0, 0.05) is 18.2 Å². The van der Waals surface area contributed by atoms with E-state index in [4.69, 9.17) is 0 Å². The van der Waals surface area contributed by atoms with Crippen molar-refractivity contribution in [2.45, 2.75) is 70.9 Å². The molecular weight excluding hydrogens is 270 g/mol. The van der Waals surface area contributed by atoms with Crippen molar-refractivity contribution in [1.29, 1.82) is 0 Å². The van der Waals surface area contributed by atoms with E-state index in [1.54, 1.807) is 0 Å². The Kier molecular flexibility index (Phi) is 6.35. The van der Waals surface area contributed by atoms with Crippen LogP contribution in [0.2, 0.25) is 0 Å². The van der Waals surface area contributed by atoms with Gasteiger partial charge >= 0.3 is 0 Å². The van der Waals surface area contributed by atoms with Gasteiger partial charge in [-0.3, -0.25) is 0 Å². The molecule has 0 unspecified atom stereocenters. The maximum atomic E-state index is 9.99. The molecule has 0 bridgehead atoms. The molecule has 0 saturated heterocycles. The van der Waals surface area contributed by atoms with E-state index < -0.39 is 0 Å². The molecule has 0 aromatic heterocycles. The standard InChI is InChI=1S/C17H27NO.ClH/c1-17(2,3)14-9-10-16(19)13(11-14)12-18-15-7-5-4-6-8-15;/h9-11,15,18-19H,4-8,12H2,1-3H3;1H. The van der Waals surface area contributed by atoms with Crippen LogP contribution in [0.25, 0.3) is 0 Å². The van der Waals surface area contributed by atoms with E-state index in [2.05, 4.69) is 32.2 Å². The lowest BCUT2D eigenvalue weighted by atomic mass is 9.86. The Bertz CT molecular complexity index is 419. The average molecular weight is 298 g/mol. The van der Waals surface area contributed by atoms with Crippen LogP contribution in [-0.2, 0) is 12.0 Å². The third-order valence-corrected chi connectivity index (χ3v) is 4.13. The molecule has 0 radical (unpaired) electrons. The second-order valence-corrected chi connectivity index (χ2v) is 6.81. The number of rotatable bonds is 3. The van der Waals surface area contributed by atoms with Crippen LogP contribution in [0.15, 0.2) is 18.2 Å². The molecule has 1 aromatic carbocycles. The van der Waals surface area contributed by atoms with Crippen LogP contribution in [0.5, 0.6) is 5.75 Å². The van der Waals surface area contributed by atoms with Crippen molar-refractivity contribution in [2.24, 2.45) is 0 Å². The lowest BCUT2D eigenvalue weighted by Gasteiger charge is -2.24. The highest BCUT2D eigenvalue weighted by Crippen LogP contribution is 2.27. The minimum Gasteiger partial charge on any atom is -0.508 e. The summed E-state index contributed by atoms with van der Waals surface area (Å²) in [5.41, 5.74) is 2.44. The number of phenols is 1. The van der Waals surface area contributed by atoms with Crippen LogP contribution in [-0.4, -0.2) is 11.1 Å². The zero-order chi connectivity index (χ0) is 13.9. The molecule has 3 heteroatoms. The zero-order valence-electron chi connectivity index (χ0n) is 12.9. The molecular formula is C17H28ClNO. The summed E-state index contributed by atoms with van der Waals surface area (Å²) in [5.74, 6) is 0.413. The molecule has 2 N–H and O–H groups in total. The van der Waals surface area contributed by atoms with Crippen molar-refractivity contribution in [2.75, 3.05) is 0 Å². The molecule has 1 aromatic rings. The number of halogens is 1. The van der Waals surface area contributed by atoms with Gasteiger partial charge in [0.1, 0.15) is 5.75 Å². The summed E-state index contributed by atoms with van der Waals surface area (Å²) in [6, 6.07) is 6.63. The summed E-state index contributed by atoms with van der Waals surface area (Å²) < 4.78 is 0. The molecule has 2 rings (SSSR count). The number of benzene rings is 1. The summed E-state index contributed by atoms with van der Waals surface area (Å²) in [6.07, 6.45) is 6.61. The maximum absolute atomic E-state index is 9.99. The van der Waals surface area contributed by atoms with Crippen LogP contribution in [0.4, 0.5) is 0 Å². The first-order chi connectivity index (χ1) is 8.97. The van der Waals surface area contributed by atoms with Gasteiger partial charge in [0.2, 0.25) is 0 Å². The van der Waals surface area contributed by atoms with E-state index in [0.29, 0.717) is 11.8 Å². The molecule has 1 aliphatic rings. The van der Waals surface area contributed by atoms with Gasteiger partial charge in [-0.15, -0.1) is 12.4 Å². The Morgan fingerprint density at radius 1 is 1.15 bits per heavy atom. The molecule has 114 valence electrons. The van der Waals surface area contributed by atoms with Gasteiger partial charge in [-0.05, 0) is 29.9 Å². The van der Waals surface area contributed by atoms with Crippen LogP contribution in [0, 0.1) is 0 Å². The highest BCUT2D eigenvalue weighted by Gasteiger charge is 2.17. The van der Waals surface area contributed by atoms with Gasteiger partial charge < -0.3 is 10.4 Å². The lowest BCUT2D eigenvalue weighted by molar-refractivity contribution is 0.368. The van der Waals surface area contributed by atoms with E-state index >= 15 is 0 Å². The molecule has 1 saturated carbocycles. The predicted molar refractivity (Wildman–Crippen MR) is 87.8 cm³/mol. The number of phenolic OH excluding ortho intramolecular Hbond substituents is 1. The Morgan fingerprint density at radius 2 is 1.80 bits per heavy atom. The van der Waals surface area contributed by atoms with Gasteiger partial charge in [0.25, 0.3) is 0 Å². The fourth-order valence-electron chi connectivity index (χ4n) is 2.75. The van der Waals surface area contributed by atoms with Crippen molar-refractivity contribution in [3.8, 4) is 5.75 Å². The Labute approximate surface area is 129 Å². The van der Waals surface area contributed by atoms with Crippen molar-refractivity contribution in [1.82, 2.24) is 5.32 Å². The van der Waals surface area contributed by atoms with E-state index in [0.717, 1.165) is 12.1 Å². The van der Waals surface area contributed by atoms with Gasteiger partial charge in [-0.1, -0.05) is 52.2 Å². The average Bonchev–Trinajstić information content (AvgIpc) is 2.37. The van der Waals surface area contributed by atoms with Crippen molar-refractivity contribution in [3.05, 3.63) is 29.3 Å². The van der Waals surface area contributed by atoms with Crippen LogP contribution < -0.4 is 5.32 Å². The second kappa shape index (κ2) is 7.33. The maximum Gasteiger partial charge on any atom is 0.120 e. The highest BCUT2D eigenvalue weighted by atomic mass is 35.5. The SMILES string of the molecule is CC(C)(C)c1ccc(O)c(CNC2CCCCC2)c1.Cl. The van der Waals surface area contributed by atoms with Crippen molar-refractivity contribution < 1.29 is 5.11 Å². The molecule has 0 amide bonds. The topological polar surface area (TPSA) is 32.3 Å². The summed E-state index contributed by atoms with van der Waals surface area (Å²) >= 11 is 0. The minimum atomic E-state index is 0. The third kappa shape index (κ3) is 4.68. The highest BCUT2D eigenvalue weighted by molar-refractivity contribution is 5.85. The van der Waals surface area contributed by atoms with Crippen LogP contribution >= 0.6 is 12.4 Å². The normalized spacial score (nSPS) is 16.8. The molecule has 2 nitrogen and oxygen atoms in total. The van der Waals surface area contributed by atoms with Gasteiger partial charge in [0.15, 0.2) is 0 Å². The predicted octanol–water partition coefficient (Wildman–Crippen LogP) is 4.53. The minimum absolute atomic E-state index is 0. The van der Waals surface area contributed by atoms with E-state index in [1.165, 1.54) is 37.7 Å². The van der Waals surface area contributed by atoms with E-state index in [-0.39, 0.29) is 17.8 Å². The first-order valence-electron chi connectivity index (χ1n) is 7.52.